The van der Waals surface area contributed by atoms with Crippen LogP contribution in [0, 0.1) is 0 Å². The van der Waals surface area contributed by atoms with Gasteiger partial charge in [0.2, 0.25) is 0 Å². The molecule has 0 atom stereocenters. The van der Waals surface area contributed by atoms with E-state index in [1.807, 2.05) is 60.7 Å². The normalized spacial score (nSPS) is 10.3. The van der Waals surface area contributed by atoms with E-state index in [0.717, 1.165) is 11.3 Å². The maximum Gasteiger partial charge on any atom is 0.315 e. The van der Waals surface area contributed by atoms with Crippen molar-refractivity contribution in [1.29, 1.82) is 0 Å². The van der Waals surface area contributed by atoms with Gasteiger partial charge in [-0.1, -0.05) is 48.5 Å². The Bertz CT molecular complexity index is 757. The fraction of sp³-hybridized carbons (Fsp3) is 0.125. The second-order valence-corrected chi connectivity index (χ2v) is 4.86. The maximum atomic E-state index is 11.9. The Morgan fingerprint density at radius 1 is 0.913 bits per heavy atom. The van der Waals surface area contributed by atoms with Gasteiger partial charge >= 0.3 is 6.03 Å². The summed E-state index contributed by atoms with van der Waals surface area (Å²) in [5.41, 5.74) is 1.88. The van der Waals surface area contributed by atoms with E-state index in [1.54, 1.807) is 4.68 Å². The number of carbonyl (C=O) groups is 1. The van der Waals surface area contributed by atoms with Gasteiger partial charge in [-0.15, -0.1) is 5.10 Å². The first kappa shape index (κ1) is 14.7. The molecule has 0 saturated heterocycles. The smallest absolute Gasteiger partial charge is 0.315 e. The van der Waals surface area contributed by atoms with Crippen molar-refractivity contribution in [2.75, 3.05) is 0 Å². The molecule has 116 valence electrons. The maximum absolute atomic E-state index is 11.9. The number of nitrogens with zero attached hydrogens (tertiary/aromatic N) is 4. The highest BCUT2D eigenvalue weighted by Gasteiger charge is 2.09. The molecule has 23 heavy (non-hydrogen) atoms. The molecule has 0 spiro atoms. The van der Waals surface area contributed by atoms with Crippen molar-refractivity contribution < 1.29 is 4.79 Å². The molecular weight excluding hydrogens is 292 g/mol. The van der Waals surface area contributed by atoms with Crippen molar-refractivity contribution in [2.24, 2.45) is 0 Å². The number of rotatable bonds is 5. The molecule has 0 unspecified atom stereocenters. The van der Waals surface area contributed by atoms with Crippen LogP contribution in [-0.4, -0.2) is 26.2 Å². The molecule has 0 aliphatic rings. The summed E-state index contributed by atoms with van der Waals surface area (Å²) in [6, 6.07) is 19.0. The van der Waals surface area contributed by atoms with Gasteiger partial charge in [0.05, 0.1) is 12.2 Å². The van der Waals surface area contributed by atoms with Gasteiger partial charge in [-0.2, -0.15) is 4.68 Å². The topological polar surface area (TPSA) is 84.7 Å². The second kappa shape index (κ2) is 7.17. The fourth-order valence-electron chi connectivity index (χ4n) is 2.09. The molecule has 1 heterocycles. The van der Waals surface area contributed by atoms with E-state index in [1.165, 1.54) is 0 Å². The van der Waals surface area contributed by atoms with E-state index in [2.05, 4.69) is 26.2 Å². The van der Waals surface area contributed by atoms with Crippen LogP contribution in [0.4, 0.5) is 4.79 Å². The number of urea groups is 1. The summed E-state index contributed by atoms with van der Waals surface area (Å²) in [6.45, 7) is 0.707. The van der Waals surface area contributed by atoms with Crippen LogP contribution in [0.5, 0.6) is 0 Å². The molecule has 2 amide bonds. The molecule has 0 aliphatic carbocycles. The zero-order valence-electron chi connectivity index (χ0n) is 12.4. The number of tetrazole rings is 1. The molecule has 3 aromatic rings. The Kier molecular flexibility index (Phi) is 4.58. The number of carbonyl (C=O) groups excluding carboxylic acids is 1. The SMILES string of the molecule is O=C(NCc1ccccc1)NCc1nnnn1-c1ccccc1. The molecule has 7 heteroatoms. The number of aromatic nitrogens is 4. The van der Waals surface area contributed by atoms with E-state index in [9.17, 15) is 4.79 Å². The second-order valence-electron chi connectivity index (χ2n) is 4.86. The highest BCUT2D eigenvalue weighted by atomic mass is 16.2. The molecule has 3 rings (SSSR count). The summed E-state index contributed by atoms with van der Waals surface area (Å²) in [4.78, 5) is 11.9. The Hall–Kier alpha value is -3.22. The van der Waals surface area contributed by atoms with Crippen LogP contribution < -0.4 is 10.6 Å². The van der Waals surface area contributed by atoms with Gasteiger partial charge in [0.25, 0.3) is 0 Å². The van der Waals surface area contributed by atoms with Gasteiger partial charge in [0, 0.05) is 6.54 Å². The van der Waals surface area contributed by atoms with E-state index < -0.39 is 0 Å². The zero-order chi connectivity index (χ0) is 15.9. The third kappa shape index (κ3) is 3.91. The van der Waals surface area contributed by atoms with E-state index >= 15 is 0 Å². The molecule has 7 nitrogen and oxygen atoms in total. The van der Waals surface area contributed by atoms with Gasteiger partial charge < -0.3 is 10.6 Å². The molecule has 0 saturated carbocycles. The van der Waals surface area contributed by atoms with Gasteiger partial charge in [-0.25, -0.2) is 4.79 Å². The van der Waals surface area contributed by atoms with E-state index in [0.29, 0.717) is 12.4 Å². The van der Waals surface area contributed by atoms with Gasteiger partial charge in [0.15, 0.2) is 5.82 Å². The summed E-state index contributed by atoms with van der Waals surface area (Å²) in [5, 5.41) is 17.1. The highest BCUT2D eigenvalue weighted by molar-refractivity contribution is 5.73. The Morgan fingerprint density at radius 3 is 2.30 bits per heavy atom. The summed E-state index contributed by atoms with van der Waals surface area (Å²) < 4.78 is 1.59. The Morgan fingerprint density at radius 2 is 1.57 bits per heavy atom. The number of hydrogen-bond donors (Lipinski definition) is 2. The van der Waals surface area contributed by atoms with Crippen molar-refractivity contribution in [3.05, 3.63) is 72.1 Å². The summed E-state index contributed by atoms with van der Waals surface area (Å²) in [7, 11) is 0. The third-order valence-corrected chi connectivity index (χ3v) is 3.24. The van der Waals surface area contributed by atoms with E-state index in [4.69, 9.17) is 0 Å². The first-order valence-corrected chi connectivity index (χ1v) is 7.21. The standard InChI is InChI=1S/C16H16N6O/c23-16(17-11-13-7-3-1-4-8-13)18-12-15-19-20-21-22(15)14-9-5-2-6-10-14/h1-10H,11-12H2,(H2,17,18,23). The quantitative estimate of drug-likeness (QED) is 0.751. The van der Waals surface area contributed by atoms with Crippen LogP contribution >= 0.6 is 0 Å². The number of nitrogens with one attached hydrogen (secondary N) is 2. The van der Waals surface area contributed by atoms with Crippen LogP contribution in [0.3, 0.4) is 0 Å². The average molecular weight is 308 g/mol. The predicted octanol–water partition coefficient (Wildman–Crippen LogP) is 1.66. The number of amides is 2. The van der Waals surface area contributed by atoms with Gasteiger partial charge in [-0.3, -0.25) is 0 Å². The molecular formula is C16H16N6O. The molecule has 0 radical (unpaired) electrons. The minimum Gasteiger partial charge on any atom is -0.334 e. The summed E-state index contributed by atoms with van der Waals surface area (Å²) >= 11 is 0. The van der Waals surface area contributed by atoms with Crippen molar-refractivity contribution in [3.63, 3.8) is 0 Å². The van der Waals surface area contributed by atoms with Crippen LogP contribution in [-0.2, 0) is 13.1 Å². The van der Waals surface area contributed by atoms with Gasteiger partial charge in [-0.05, 0) is 28.1 Å². The number of benzene rings is 2. The predicted molar refractivity (Wildman–Crippen MR) is 84.7 cm³/mol. The molecule has 0 bridgehead atoms. The van der Waals surface area contributed by atoms with Crippen LogP contribution in [0.25, 0.3) is 5.69 Å². The summed E-state index contributed by atoms with van der Waals surface area (Å²) in [5.74, 6) is 0.561. The van der Waals surface area contributed by atoms with Crippen molar-refractivity contribution >= 4 is 6.03 Å². The zero-order valence-corrected chi connectivity index (χ0v) is 12.4. The fourth-order valence-corrected chi connectivity index (χ4v) is 2.09. The van der Waals surface area contributed by atoms with E-state index in [-0.39, 0.29) is 12.6 Å². The number of hydrogen-bond acceptors (Lipinski definition) is 4. The van der Waals surface area contributed by atoms with Gasteiger partial charge in [0.1, 0.15) is 0 Å². The molecule has 2 aromatic carbocycles. The van der Waals surface area contributed by atoms with Crippen LogP contribution in [0.15, 0.2) is 60.7 Å². The Labute approximate surface area is 133 Å². The monoisotopic (exact) mass is 308 g/mol. The summed E-state index contributed by atoms with van der Waals surface area (Å²) in [6.07, 6.45) is 0. The molecule has 0 aliphatic heterocycles. The minimum absolute atomic E-state index is 0.239. The molecule has 0 fully saturated rings. The van der Waals surface area contributed by atoms with Crippen molar-refractivity contribution in [2.45, 2.75) is 13.1 Å². The van der Waals surface area contributed by atoms with Crippen LogP contribution in [0.1, 0.15) is 11.4 Å². The highest BCUT2D eigenvalue weighted by Crippen LogP contribution is 2.06. The van der Waals surface area contributed by atoms with Crippen molar-refractivity contribution in [1.82, 2.24) is 30.8 Å². The lowest BCUT2D eigenvalue weighted by Gasteiger charge is -2.08. The lowest BCUT2D eigenvalue weighted by Crippen LogP contribution is -2.35. The third-order valence-electron chi connectivity index (χ3n) is 3.24. The Balaban J connectivity index is 1.55. The first-order chi connectivity index (χ1) is 11.3. The lowest BCUT2D eigenvalue weighted by atomic mass is 10.2. The first-order valence-electron chi connectivity index (χ1n) is 7.21. The lowest BCUT2D eigenvalue weighted by molar-refractivity contribution is 0.240. The average Bonchev–Trinajstić information content (AvgIpc) is 3.08. The number of para-hydroxylation sites is 1. The minimum atomic E-state index is -0.267. The van der Waals surface area contributed by atoms with Crippen LogP contribution in [0.2, 0.25) is 0 Å². The largest absolute Gasteiger partial charge is 0.334 e. The molecule has 2 N–H and O–H groups in total. The van der Waals surface area contributed by atoms with Crippen molar-refractivity contribution in [3.8, 4) is 5.69 Å². The molecule has 1 aromatic heterocycles.